The summed E-state index contributed by atoms with van der Waals surface area (Å²) in [5.74, 6) is -1.16. The van der Waals surface area contributed by atoms with Crippen molar-refractivity contribution in [2.75, 3.05) is 19.5 Å². The summed E-state index contributed by atoms with van der Waals surface area (Å²) in [7, 11) is 1.27. The van der Waals surface area contributed by atoms with Crippen LogP contribution in [0.4, 0.5) is 5.69 Å². The number of rotatable bonds is 5. The van der Waals surface area contributed by atoms with Gasteiger partial charge in [-0.05, 0) is 18.2 Å². The summed E-state index contributed by atoms with van der Waals surface area (Å²) < 4.78 is 10.0. The lowest BCUT2D eigenvalue weighted by atomic mass is 10.1. The van der Waals surface area contributed by atoms with E-state index >= 15 is 0 Å². The topological polar surface area (TPSA) is 105 Å². The Hall–Kier alpha value is -2.24. The van der Waals surface area contributed by atoms with Crippen LogP contribution in [0.15, 0.2) is 18.2 Å². The second-order valence-electron chi connectivity index (χ2n) is 3.86. The minimum absolute atomic E-state index is 0.0866. The predicted octanol–water partition coefficient (Wildman–Crippen LogP) is 0.556. The molecule has 0 bridgehead atoms. The van der Waals surface area contributed by atoms with Crippen molar-refractivity contribution in [3.8, 4) is 5.75 Å². The first kappa shape index (κ1) is 13.8. The van der Waals surface area contributed by atoms with E-state index in [0.717, 1.165) is 0 Å². The molecule has 0 fully saturated rings. The Labute approximate surface area is 105 Å². The highest BCUT2D eigenvalue weighted by Crippen LogP contribution is 2.22. The maximum atomic E-state index is 11.5. The van der Waals surface area contributed by atoms with Gasteiger partial charge in [0.05, 0.1) is 19.6 Å². The van der Waals surface area contributed by atoms with E-state index in [2.05, 4.69) is 4.74 Å². The smallest absolute Gasteiger partial charge is 0.341 e. The first-order valence-electron chi connectivity index (χ1n) is 5.35. The fraction of sp³-hybridized carbons (Fsp3) is 0.333. The van der Waals surface area contributed by atoms with E-state index in [9.17, 15) is 9.59 Å². The lowest BCUT2D eigenvalue weighted by Gasteiger charge is -2.13. The summed E-state index contributed by atoms with van der Waals surface area (Å²) in [4.78, 5) is 22.4. The minimum Gasteiger partial charge on any atom is -0.492 e. The van der Waals surface area contributed by atoms with Gasteiger partial charge < -0.3 is 20.9 Å². The molecule has 0 aliphatic rings. The number of carbonyl (C=O) groups excluding carboxylic acids is 2. The van der Waals surface area contributed by atoms with Crippen LogP contribution in [-0.4, -0.2) is 25.6 Å². The van der Waals surface area contributed by atoms with Gasteiger partial charge in [-0.15, -0.1) is 0 Å². The average molecular weight is 252 g/mol. The molecule has 0 aromatic heterocycles. The number of amides is 1. The largest absolute Gasteiger partial charge is 0.492 e. The molecule has 0 aliphatic heterocycles. The van der Waals surface area contributed by atoms with Gasteiger partial charge >= 0.3 is 5.97 Å². The van der Waals surface area contributed by atoms with Gasteiger partial charge in [0.1, 0.15) is 11.3 Å². The van der Waals surface area contributed by atoms with E-state index in [1.165, 1.54) is 13.2 Å². The molecule has 6 heteroatoms. The summed E-state index contributed by atoms with van der Waals surface area (Å²) in [6.45, 7) is 1.72. The van der Waals surface area contributed by atoms with Crippen LogP contribution >= 0.6 is 0 Å². The molecule has 98 valence electrons. The Morgan fingerprint density at radius 2 is 2.06 bits per heavy atom. The first-order valence-corrected chi connectivity index (χ1v) is 5.35. The summed E-state index contributed by atoms with van der Waals surface area (Å²) in [5.41, 5.74) is 11.3. The molecule has 6 nitrogen and oxygen atoms in total. The maximum absolute atomic E-state index is 11.5. The Morgan fingerprint density at radius 3 is 2.61 bits per heavy atom. The van der Waals surface area contributed by atoms with Gasteiger partial charge in [0.2, 0.25) is 5.91 Å². The maximum Gasteiger partial charge on any atom is 0.341 e. The zero-order valence-corrected chi connectivity index (χ0v) is 10.3. The summed E-state index contributed by atoms with van der Waals surface area (Å²) in [6.07, 6.45) is 0. The van der Waals surface area contributed by atoms with E-state index in [0.29, 0.717) is 11.4 Å². The highest BCUT2D eigenvalue weighted by Gasteiger charge is 2.16. The van der Waals surface area contributed by atoms with Crippen molar-refractivity contribution in [2.24, 2.45) is 11.7 Å². The fourth-order valence-corrected chi connectivity index (χ4v) is 1.24. The summed E-state index contributed by atoms with van der Waals surface area (Å²) >= 11 is 0. The number of hydrogen-bond acceptors (Lipinski definition) is 5. The molecule has 1 amide bonds. The van der Waals surface area contributed by atoms with Crippen molar-refractivity contribution >= 4 is 17.6 Å². The van der Waals surface area contributed by atoms with E-state index < -0.39 is 17.8 Å². The lowest BCUT2D eigenvalue weighted by molar-refractivity contribution is -0.122. The molecule has 1 rings (SSSR count). The molecule has 0 aliphatic carbocycles. The predicted molar refractivity (Wildman–Crippen MR) is 66.0 cm³/mol. The molecule has 1 aromatic rings. The number of esters is 1. The van der Waals surface area contributed by atoms with Gasteiger partial charge in [-0.2, -0.15) is 0 Å². The Bertz CT molecular complexity index is 459. The van der Waals surface area contributed by atoms with Crippen LogP contribution in [0.5, 0.6) is 5.75 Å². The van der Waals surface area contributed by atoms with Crippen LogP contribution in [0.3, 0.4) is 0 Å². The zero-order valence-electron chi connectivity index (χ0n) is 10.3. The van der Waals surface area contributed by atoms with Crippen molar-refractivity contribution in [3.63, 3.8) is 0 Å². The fourth-order valence-electron chi connectivity index (χ4n) is 1.24. The van der Waals surface area contributed by atoms with E-state index in [4.69, 9.17) is 16.2 Å². The Morgan fingerprint density at radius 1 is 1.39 bits per heavy atom. The third-order valence-corrected chi connectivity index (χ3v) is 2.38. The molecule has 0 saturated carbocycles. The highest BCUT2D eigenvalue weighted by atomic mass is 16.5. The van der Waals surface area contributed by atoms with E-state index in [-0.39, 0.29) is 12.2 Å². The van der Waals surface area contributed by atoms with Crippen LogP contribution in [-0.2, 0) is 9.53 Å². The number of carbonyl (C=O) groups is 2. The minimum atomic E-state index is -0.552. The van der Waals surface area contributed by atoms with Crippen molar-refractivity contribution in [3.05, 3.63) is 23.8 Å². The monoisotopic (exact) mass is 252 g/mol. The number of nitrogen functional groups attached to an aromatic ring is 1. The molecule has 0 spiro atoms. The molecule has 0 radical (unpaired) electrons. The second-order valence-corrected chi connectivity index (χ2v) is 3.86. The van der Waals surface area contributed by atoms with Crippen molar-refractivity contribution in [1.29, 1.82) is 0 Å². The first-order chi connectivity index (χ1) is 8.45. The number of hydrogen-bond donors (Lipinski definition) is 2. The van der Waals surface area contributed by atoms with Gasteiger partial charge in [0, 0.05) is 5.69 Å². The molecule has 1 atom stereocenters. The van der Waals surface area contributed by atoms with E-state index in [1.807, 2.05) is 0 Å². The quantitative estimate of drug-likeness (QED) is 0.588. The molecule has 0 heterocycles. The molecule has 4 N–H and O–H groups in total. The van der Waals surface area contributed by atoms with Crippen LogP contribution < -0.4 is 16.2 Å². The molecule has 1 unspecified atom stereocenters. The number of primary amides is 1. The number of methoxy groups -OCH3 is 1. The zero-order chi connectivity index (χ0) is 13.7. The van der Waals surface area contributed by atoms with Crippen LogP contribution in [0.25, 0.3) is 0 Å². The van der Waals surface area contributed by atoms with Gasteiger partial charge in [-0.25, -0.2) is 4.79 Å². The Balaban J connectivity index is 2.88. The van der Waals surface area contributed by atoms with Crippen LogP contribution in [0, 0.1) is 5.92 Å². The van der Waals surface area contributed by atoms with E-state index in [1.54, 1.807) is 19.1 Å². The average Bonchev–Trinajstić information content (AvgIpc) is 2.35. The molecule has 1 aromatic carbocycles. The number of ether oxygens (including phenoxy) is 2. The summed E-state index contributed by atoms with van der Waals surface area (Å²) in [6, 6.07) is 4.60. The standard InChI is InChI=1S/C12H16N2O4/c1-7(11(14)15)6-18-10-4-3-8(13)5-9(10)12(16)17-2/h3-5,7H,6,13H2,1-2H3,(H2,14,15). The number of benzene rings is 1. The highest BCUT2D eigenvalue weighted by molar-refractivity contribution is 5.93. The van der Waals surface area contributed by atoms with Gasteiger partial charge in [0.15, 0.2) is 0 Å². The molecular weight excluding hydrogens is 236 g/mol. The third kappa shape index (κ3) is 3.38. The van der Waals surface area contributed by atoms with Crippen molar-refractivity contribution in [1.82, 2.24) is 0 Å². The normalized spacial score (nSPS) is 11.7. The molecular formula is C12H16N2O4. The molecule has 0 saturated heterocycles. The lowest BCUT2D eigenvalue weighted by Crippen LogP contribution is -2.26. The second kappa shape index (κ2) is 5.90. The van der Waals surface area contributed by atoms with Crippen molar-refractivity contribution in [2.45, 2.75) is 6.92 Å². The summed E-state index contributed by atoms with van der Waals surface area (Å²) in [5, 5.41) is 0. The van der Waals surface area contributed by atoms with Crippen LogP contribution in [0.1, 0.15) is 17.3 Å². The van der Waals surface area contributed by atoms with Gasteiger partial charge in [-0.3, -0.25) is 4.79 Å². The third-order valence-electron chi connectivity index (χ3n) is 2.38. The van der Waals surface area contributed by atoms with Crippen molar-refractivity contribution < 1.29 is 19.1 Å². The number of nitrogens with two attached hydrogens (primary N) is 2. The van der Waals surface area contributed by atoms with Gasteiger partial charge in [-0.1, -0.05) is 6.92 Å². The number of anilines is 1. The van der Waals surface area contributed by atoms with Crippen LogP contribution in [0.2, 0.25) is 0 Å². The van der Waals surface area contributed by atoms with Gasteiger partial charge in [0.25, 0.3) is 0 Å². The molecule has 18 heavy (non-hydrogen) atoms. The SMILES string of the molecule is COC(=O)c1cc(N)ccc1OCC(C)C(N)=O. The Kier molecular flexibility index (Phi) is 4.53.